The number of nitrogens with zero attached hydrogens (tertiary/aromatic N) is 2. The largest absolute Gasteiger partial charge is 0.309 e. The Balaban J connectivity index is 2.58. The smallest absolute Gasteiger partial charge is 0.235 e. The number of carbonyl (C=O) groups is 1. The molecule has 0 bridgehead atoms. The number of carbonyl (C=O) groups excluding carboxylic acids is 1. The first-order valence-electron chi connectivity index (χ1n) is 3.70. The molecule has 0 radical (unpaired) electrons. The van der Waals surface area contributed by atoms with Gasteiger partial charge in [0, 0.05) is 18.8 Å². The van der Waals surface area contributed by atoms with Crippen LogP contribution in [0.1, 0.15) is 6.92 Å². The number of aryl methyl sites for hydroxylation is 1. The number of aromatic nitrogens is 2. The molecule has 1 aromatic heterocycles. The second-order valence-electron chi connectivity index (χ2n) is 2.26. The molecule has 0 saturated heterocycles. The van der Waals surface area contributed by atoms with Gasteiger partial charge < -0.3 is 5.32 Å². The van der Waals surface area contributed by atoms with Crippen LogP contribution in [0, 0.1) is 0 Å². The Morgan fingerprint density at radius 1 is 1.83 bits per heavy atom. The minimum atomic E-state index is -0.139. The normalized spacial score (nSPS) is 9.83. The molecular weight excluding hydrogens is 174 g/mol. The molecule has 1 rings (SSSR count). The summed E-state index contributed by atoms with van der Waals surface area (Å²) in [6, 6.07) is 1.75. The van der Waals surface area contributed by atoms with E-state index in [1.165, 1.54) is 0 Å². The number of amides is 1. The van der Waals surface area contributed by atoms with Gasteiger partial charge in [-0.15, -0.1) is 0 Å². The quantitative estimate of drug-likeness (QED) is 0.683. The van der Waals surface area contributed by atoms with Gasteiger partial charge in [-0.05, 0) is 6.92 Å². The minimum Gasteiger partial charge on any atom is -0.309 e. The molecule has 12 heavy (non-hydrogen) atoms. The molecular formula is C7H11N3OS. The monoisotopic (exact) mass is 185 g/mol. The zero-order valence-corrected chi connectivity index (χ0v) is 7.71. The Hall–Kier alpha value is -0.970. The van der Waals surface area contributed by atoms with Crippen molar-refractivity contribution in [3.8, 4) is 0 Å². The molecule has 5 heteroatoms. The first-order chi connectivity index (χ1) is 5.76. The van der Waals surface area contributed by atoms with Crippen LogP contribution in [0.2, 0.25) is 0 Å². The molecule has 66 valence electrons. The number of nitrogens with one attached hydrogen (secondary N) is 1. The van der Waals surface area contributed by atoms with E-state index in [9.17, 15) is 4.79 Å². The molecule has 4 nitrogen and oxygen atoms in total. The van der Waals surface area contributed by atoms with E-state index < -0.39 is 0 Å². The lowest BCUT2D eigenvalue weighted by atomic mass is 10.6. The SMILES string of the molecule is CCn1ccc(NC(=O)CS)n1. The van der Waals surface area contributed by atoms with Gasteiger partial charge in [-0.3, -0.25) is 9.48 Å². The second-order valence-corrected chi connectivity index (χ2v) is 2.58. The minimum absolute atomic E-state index is 0.139. The summed E-state index contributed by atoms with van der Waals surface area (Å²) in [7, 11) is 0. The second kappa shape index (κ2) is 4.15. The highest BCUT2D eigenvalue weighted by Gasteiger charge is 2.00. The third-order valence-electron chi connectivity index (χ3n) is 1.38. The van der Waals surface area contributed by atoms with Gasteiger partial charge in [0.15, 0.2) is 5.82 Å². The lowest BCUT2D eigenvalue weighted by Crippen LogP contribution is -2.13. The third-order valence-corrected chi connectivity index (χ3v) is 1.66. The van der Waals surface area contributed by atoms with E-state index in [1.807, 2.05) is 13.1 Å². The fourth-order valence-corrected chi connectivity index (χ4v) is 0.866. The summed E-state index contributed by atoms with van der Waals surface area (Å²) >= 11 is 3.83. The van der Waals surface area contributed by atoms with Gasteiger partial charge in [0.2, 0.25) is 5.91 Å². The fourth-order valence-electron chi connectivity index (χ4n) is 0.787. The standard InChI is InChI=1S/C7H11N3OS/c1-2-10-4-3-6(9-10)8-7(11)5-12/h3-4,12H,2,5H2,1H3,(H,8,9,11). The molecule has 0 unspecified atom stereocenters. The molecule has 0 atom stereocenters. The first-order valence-corrected chi connectivity index (χ1v) is 4.33. The van der Waals surface area contributed by atoms with Gasteiger partial charge >= 0.3 is 0 Å². The van der Waals surface area contributed by atoms with E-state index in [4.69, 9.17) is 0 Å². The molecule has 1 heterocycles. The van der Waals surface area contributed by atoms with Gasteiger partial charge in [-0.25, -0.2) is 0 Å². The maximum atomic E-state index is 10.8. The summed E-state index contributed by atoms with van der Waals surface area (Å²) in [5.41, 5.74) is 0. The summed E-state index contributed by atoms with van der Waals surface area (Å²) in [4.78, 5) is 10.8. The van der Waals surface area contributed by atoms with Gasteiger partial charge in [0.1, 0.15) is 0 Å². The molecule has 0 aliphatic rings. The highest BCUT2D eigenvalue weighted by atomic mass is 32.1. The zero-order valence-electron chi connectivity index (χ0n) is 6.82. The number of rotatable bonds is 3. The zero-order chi connectivity index (χ0) is 8.97. The van der Waals surface area contributed by atoms with E-state index in [2.05, 4.69) is 23.0 Å². The Labute approximate surface area is 76.4 Å². The maximum Gasteiger partial charge on any atom is 0.235 e. The Bertz CT molecular complexity index is 271. The van der Waals surface area contributed by atoms with Crippen molar-refractivity contribution in [1.29, 1.82) is 0 Å². The number of thiol groups is 1. The molecule has 1 amide bonds. The summed E-state index contributed by atoms with van der Waals surface area (Å²) in [5.74, 6) is 0.620. The molecule has 0 saturated carbocycles. The van der Waals surface area contributed by atoms with Gasteiger partial charge in [-0.2, -0.15) is 17.7 Å². The average molecular weight is 185 g/mol. The van der Waals surface area contributed by atoms with Crippen molar-refractivity contribution >= 4 is 24.4 Å². The predicted octanol–water partition coefficient (Wildman–Crippen LogP) is 0.771. The number of hydrogen-bond acceptors (Lipinski definition) is 3. The molecule has 0 aliphatic heterocycles. The van der Waals surface area contributed by atoms with Crippen molar-refractivity contribution in [3.63, 3.8) is 0 Å². The van der Waals surface area contributed by atoms with E-state index >= 15 is 0 Å². The van der Waals surface area contributed by atoms with Gasteiger partial charge in [0.25, 0.3) is 0 Å². The maximum absolute atomic E-state index is 10.8. The number of hydrogen-bond donors (Lipinski definition) is 2. The van der Waals surface area contributed by atoms with Crippen molar-refractivity contribution in [2.24, 2.45) is 0 Å². The van der Waals surface area contributed by atoms with Crippen LogP contribution in [0.5, 0.6) is 0 Å². The van der Waals surface area contributed by atoms with Crippen LogP contribution < -0.4 is 5.32 Å². The molecule has 0 fully saturated rings. The Morgan fingerprint density at radius 3 is 3.08 bits per heavy atom. The van der Waals surface area contributed by atoms with Crippen LogP contribution in [-0.2, 0) is 11.3 Å². The highest BCUT2D eigenvalue weighted by Crippen LogP contribution is 2.01. The molecule has 0 spiro atoms. The topological polar surface area (TPSA) is 46.9 Å². The van der Waals surface area contributed by atoms with E-state index in [-0.39, 0.29) is 11.7 Å². The summed E-state index contributed by atoms with van der Waals surface area (Å²) in [6.45, 7) is 2.79. The number of anilines is 1. The van der Waals surface area contributed by atoms with Gasteiger partial charge in [0.05, 0.1) is 5.75 Å². The lowest BCUT2D eigenvalue weighted by Gasteiger charge is -1.97. The Morgan fingerprint density at radius 2 is 2.58 bits per heavy atom. The van der Waals surface area contributed by atoms with Crippen molar-refractivity contribution in [2.75, 3.05) is 11.1 Å². The van der Waals surface area contributed by atoms with Crippen LogP contribution in [0.4, 0.5) is 5.82 Å². The highest BCUT2D eigenvalue weighted by molar-refractivity contribution is 7.81. The van der Waals surface area contributed by atoms with Crippen molar-refractivity contribution in [3.05, 3.63) is 12.3 Å². The molecule has 1 N–H and O–H groups in total. The summed E-state index contributed by atoms with van der Waals surface area (Å²) in [5, 5.41) is 6.67. The summed E-state index contributed by atoms with van der Waals surface area (Å²) < 4.78 is 1.74. The van der Waals surface area contributed by atoms with Crippen LogP contribution in [-0.4, -0.2) is 21.4 Å². The summed E-state index contributed by atoms with van der Waals surface area (Å²) in [6.07, 6.45) is 1.81. The Kier molecular flexibility index (Phi) is 3.16. The van der Waals surface area contributed by atoms with Crippen LogP contribution in [0.25, 0.3) is 0 Å². The van der Waals surface area contributed by atoms with Crippen LogP contribution >= 0.6 is 12.6 Å². The fraction of sp³-hybridized carbons (Fsp3) is 0.429. The van der Waals surface area contributed by atoms with Crippen molar-refractivity contribution in [1.82, 2.24) is 9.78 Å². The molecule has 0 aliphatic carbocycles. The van der Waals surface area contributed by atoms with Crippen LogP contribution in [0.3, 0.4) is 0 Å². The molecule has 0 aromatic carbocycles. The third kappa shape index (κ3) is 2.27. The van der Waals surface area contributed by atoms with E-state index in [1.54, 1.807) is 10.7 Å². The first kappa shape index (κ1) is 9.12. The average Bonchev–Trinajstić information content (AvgIpc) is 2.52. The van der Waals surface area contributed by atoms with E-state index in [0.717, 1.165) is 6.54 Å². The van der Waals surface area contributed by atoms with E-state index in [0.29, 0.717) is 5.82 Å². The van der Waals surface area contributed by atoms with Gasteiger partial charge in [-0.1, -0.05) is 0 Å². The van der Waals surface area contributed by atoms with Crippen molar-refractivity contribution < 1.29 is 4.79 Å². The lowest BCUT2D eigenvalue weighted by molar-refractivity contribution is -0.113. The van der Waals surface area contributed by atoms with Crippen molar-refractivity contribution in [2.45, 2.75) is 13.5 Å². The predicted molar refractivity (Wildman–Crippen MR) is 50.4 cm³/mol. The molecule has 1 aromatic rings. The van der Waals surface area contributed by atoms with Crippen LogP contribution in [0.15, 0.2) is 12.3 Å².